The first-order chi connectivity index (χ1) is 23.4. The van der Waals surface area contributed by atoms with E-state index < -0.39 is 0 Å². The van der Waals surface area contributed by atoms with Gasteiger partial charge in [0.05, 0.1) is 0 Å². The minimum absolute atomic E-state index is 0.218. The Bertz CT molecular complexity index is 1970. The Balaban J connectivity index is 1.26. The molecule has 4 heteroatoms. The number of allylic oxidation sites excluding steroid dienone is 3. The van der Waals surface area contributed by atoms with E-state index in [1.807, 2.05) is 12.1 Å². The molecule has 0 aliphatic heterocycles. The number of aryl methyl sites for hydroxylation is 2. The van der Waals surface area contributed by atoms with Gasteiger partial charge in [0.2, 0.25) is 0 Å². The van der Waals surface area contributed by atoms with E-state index in [9.17, 15) is 4.79 Å². The van der Waals surface area contributed by atoms with E-state index in [-0.39, 0.29) is 12.6 Å². The summed E-state index contributed by atoms with van der Waals surface area (Å²) in [5.74, 6) is -0.377. The maximum atomic E-state index is 11.9. The molecule has 6 rings (SSSR count). The molecular weight excluding hydrogens is 588 g/mol. The summed E-state index contributed by atoms with van der Waals surface area (Å²) in [7, 11) is 0. The van der Waals surface area contributed by atoms with Gasteiger partial charge in [0.15, 0.2) is 0 Å². The van der Waals surface area contributed by atoms with E-state index in [0.717, 1.165) is 57.3 Å². The van der Waals surface area contributed by atoms with Crippen molar-refractivity contribution in [3.8, 4) is 11.1 Å². The number of ether oxygens (including phenoxy) is 1. The molecule has 5 aromatic carbocycles. The average Bonchev–Trinajstić information content (AvgIpc) is 3.36. The number of hydrogen-bond acceptors (Lipinski definition) is 4. The Morgan fingerprint density at radius 3 is 1.56 bits per heavy atom. The maximum Gasteiger partial charge on any atom is 0.333 e. The Hall–Kier alpha value is -5.87. The van der Waals surface area contributed by atoms with E-state index in [0.29, 0.717) is 5.57 Å². The number of nitrogens with zero attached hydrogens (tertiary/aromatic N) is 2. The van der Waals surface area contributed by atoms with Crippen LogP contribution in [-0.4, -0.2) is 12.6 Å². The minimum Gasteiger partial charge on any atom is -0.457 e. The van der Waals surface area contributed by atoms with Gasteiger partial charge in [-0.3, -0.25) is 0 Å². The predicted octanol–water partition coefficient (Wildman–Crippen LogP) is 11.5. The lowest BCUT2D eigenvalue weighted by Gasteiger charge is -2.27. The second-order valence-corrected chi connectivity index (χ2v) is 12.1. The zero-order chi connectivity index (χ0) is 33.5. The van der Waals surface area contributed by atoms with Gasteiger partial charge in [-0.05, 0) is 111 Å². The standard InChI is InChI=1S/C44H40N2O2/c1-32(2)44(47)48-31-35-9-8-12-39(26-17-35)46(41-24-15-34(4)16-25-41)43-29-20-37(21-30-43)36-18-27-42(28-19-36)45(38-10-6-5-7-11-38)40-22-13-33(3)14-23-40/h5-7,9-30H,1,8,31H2,2-4H3. The minimum atomic E-state index is -0.377. The van der Waals surface area contributed by atoms with Gasteiger partial charge in [-0.25, -0.2) is 4.79 Å². The molecule has 0 saturated carbocycles. The number of rotatable bonds is 10. The summed E-state index contributed by atoms with van der Waals surface area (Å²) in [5, 5.41) is 0. The molecule has 1 aliphatic carbocycles. The lowest BCUT2D eigenvalue weighted by atomic mass is 10.0. The number of esters is 1. The number of carbonyl (C=O) groups excluding carboxylic acids is 1. The van der Waals surface area contributed by atoms with Crippen molar-refractivity contribution >= 4 is 34.4 Å². The molecule has 0 fully saturated rings. The normalized spacial score (nSPS) is 12.4. The first-order valence-electron chi connectivity index (χ1n) is 16.2. The van der Waals surface area contributed by atoms with Crippen LogP contribution in [0.15, 0.2) is 175 Å². The third kappa shape index (κ3) is 7.56. The van der Waals surface area contributed by atoms with Gasteiger partial charge < -0.3 is 14.5 Å². The van der Waals surface area contributed by atoms with Crippen molar-refractivity contribution in [3.63, 3.8) is 0 Å². The van der Waals surface area contributed by atoms with Crippen molar-refractivity contribution in [1.29, 1.82) is 0 Å². The molecule has 0 saturated heterocycles. The molecule has 0 bridgehead atoms. The van der Waals surface area contributed by atoms with Gasteiger partial charge in [-0.1, -0.05) is 103 Å². The van der Waals surface area contributed by atoms with Crippen molar-refractivity contribution in [3.05, 3.63) is 186 Å². The summed E-state index contributed by atoms with van der Waals surface area (Å²) in [6, 6.07) is 45.2. The fraction of sp³-hybridized carbons (Fsp3) is 0.114. The van der Waals surface area contributed by atoms with Crippen LogP contribution in [0.25, 0.3) is 11.1 Å². The predicted molar refractivity (Wildman–Crippen MR) is 200 cm³/mol. The molecule has 0 atom stereocenters. The molecule has 0 amide bonds. The first-order valence-corrected chi connectivity index (χ1v) is 16.2. The number of anilines is 5. The van der Waals surface area contributed by atoms with Crippen LogP contribution in [-0.2, 0) is 9.53 Å². The van der Waals surface area contributed by atoms with Gasteiger partial charge in [0, 0.05) is 39.7 Å². The van der Waals surface area contributed by atoms with Gasteiger partial charge in [-0.2, -0.15) is 0 Å². The molecule has 238 valence electrons. The van der Waals surface area contributed by atoms with Crippen LogP contribution in [0.1, 0.15) is 24.5 Å². The van der Waals surface area contributed by atoms with Crippen LogP contribution < -0.4 is 9.80 Å². The highest BCUT2D eigenvalue weighted by molar-refractivity contribution is 5.87. The van der Waals surface area contributed by atoms with E-state index in [1.54, 1.807) is 6.92 Å². The van der Waals surface area contributed by atoms with Gasteiger partial charge >= 0.3 is 5.97 Å². The van der Waals surface area contributed by atoms with Crippen LogP contribution in [0.5, 0.6) is 0 Å². The van der Waals surface area contributed by atoms with Gasteiger partial charge in [0.25, 0.3) is 0 Å². The topological polar surface area (TPSA) is 32.8 Å². The van der Waals surface area contributed by atoms with Crippen molar-refractivity contribution in [1.82, 2.24) is 0 Å². The fourth-order valence-corrected chi connectivity index (χ4v) is 5.67. The zero-order valence-corrected chi connectivity index (χ0v) is 27.8. The van der Waals surface area contributed by atoms with Crippen LogP contribution >= 0.6 is 0 Å². The van der Waals surface area contributed by atoms with E-state index in [2.05, 4.69) is 170 Å². The Morgan fingerprint density at radius 1 is 0.604 bits per heavy atom. The second kappa shape index (κ2) is 14.7. The van der Waals surface area contributed by atoms with Crippen molar-refractivity contribution in [2.45, 2.75) is 27.2 Å². The lowest BCUT2D eigenvalue weighted by molar-refractivity contribution is -0.137. The number of carbonyl (C=O) groups is 1. The molecule has 5 aromatic rings. The molecule has 0 heterocycles. The van der Waals surface area contributed by atoms with Crippen LogP contribution in [0, 0.1) is 13.8 Å². The van der Waals surface area contributed by atoms with E-state index >= 15 is 0 Å². The molecule has 0 radical (unpaired) electrons. The smallest absolute Gasteiger partial charge is 0.333 e. The molecule has 48 heavy (non-hydrogen) atoms. The van der Waals surface area contributed by atoms with E-state index in [1.165, 1.54) is 11.1 Å². The highest BCUT2D eigenvalue weighted by Crippen LogP contribution is 2.37. The first kappa shape index (κ1) is 32.1. The molecular formula is C44H40N2O2. The average molecular weight is 629 g/mol. The van der Waals surface area contributed by atoms with Crippen molar-refractivity contribution in [2.24, 2.45) is 0 Å². The van der Waals surface area contributed by atoms with Gasteiger partial charge in [0.1, 0.15) is 6.61 Å². The lowest BCUT2D eigenvalue weighted by Crippen LogP contribution is -2.15. The molecule has 0 spiro atoms. The molecule has 0 aromatic heterocycles. The maximum absolute atomic E-state index is 11.9. The number of benzene rings is 5. The summed E-state index contributed by atoms with van der Waals surface area (Å²) in [6.45, 7) is 9.76. The Morgan fingerprint density at radius 2 is 1.06 bits per heavy atom. The van der Waals surface area contributed by atoms with Crippen molar-refractivity contribution < 1.29 is 9.53 Å². The van der Waals surface area contributed by atoms with Gasteiger partial charge in [-0.15, -0.1) is 0 Å². The molecule has 4 nitrogen and oxygen atoms in total. The summed E-state index contributed by atoms with van der Waals surface area (Å²) in [4.78, 5) is 16.5. The monoisotopic (exact) mass is 628 g/mol. The molecule has 0 N–H and O–H groups in total. The van der Waals surface area contributed by atoms with Crippen LogP contribution in [0.4, 0.5) is 28.4 Å². The largest absolute Gasteiger partial charge is 0.457 e. The number of para-hydroxylation sites is 1. The summed E-state index contributed by atoms with van der Waals surface area (Å²) in [5.41, 5.74) is 12.6. The van der Waals surface area contributed by atoms with Crippen LogP contribution in [0.3, 0.4) is 0 Å². The fourth-order valence-electron chi connectivity index (χ4n) is 5.67. The van der Waals surface area contributed by atoms with E-state index in [4.69, 9.17) is 4.74 Å². The Kier molecular flexibility index (Phi) is 9.83. The van der Waals surface area contributed by atoms with Crippen molar-refractivity contribution in [2.75, 3.05) is 16.4 Å². The summed E-state index contributed by atoms with van der Waals surface area (Å²) >= 11 is 0. The van der Waals surface area contributed by atoms with Crippen LogP contribution in [0.2, 0.25) is 0 Å². The third-order valence-electron chi connectivity index (χ3n) is 8.33. The quantitative estimate of drug-likeness (QED) is 0.114. The molecule has 1 aliphatic rings. The SMILES string of the molecule is C=C(C)C(=O)OCC1=CCC=C(N(c2ccc(C)cc2)c2ccc(-c3ccc(N(c4ccccc4)c4ccc(C)cc4)cc3)cc2)C=C1. The summed E-state index contributed by atoms with van der Waals surface area (Å²) < 4.78 is 5.40. The second-order valence-electron chi connectivity index (χ2n) is 12.1. The Labute approximate surface area is 284 Å². The number of hydrogen-bond donors (Lipinski definition) is 0. The molecule has 0 unspecified atom stereocenters. The summed E-state index contributed by atoms with van der Waals surface area (Å²) in [6.07, 6.45) is 9.12. The highest BCUT2D eigenvalue weighted by Gasteiger charge is 2.16. The highest BCUT2D eigenvalue weighted by atomic mass is 16.5. The third-order valence-corrected chi connectivity index (χ3v) is 8.33. The zero-order valence-electron chi connectivity index (χ0n) is 27.8.